The number of para-hydroxylation sites is 2. The molecule has 0 saturated heterocycles. The molecule has 0 radical (unpaired) electrons. The van der Waals surface area contributed by atoms with Crippen LogP contribution in [0.5, 0.6) is 5.75 Å². The van der Waals surface area contributed by atoms with Gasteiger partial charge in [0.2, 0.25) is 0 Å². The van der Waals surface area contributed by atoms with Crippen LogP contribution in [0.15, 0.2) is 60.8 Å². The molecular weight excluding hydrogens is 382 g/mol. The summed E-state index contributed by atoms with van der Waals surface area (Å²) in [6.07, 6.45) is 5.88. The molecule has 2 aromatic heterocycles. The van der Waals surface area contributed by atoms with Crippen molar-refractivity contribution in [2.24, 2.45) is 0 Å². The molecule has 0 aliphatic carbocycles. The number of hydrogen-bond donors (Lipinski definition) is 1. The maximum atomic E-state index is 6.27. The summed E-state index contributed by atoms with van der Waals surface area (Å²) >= 11 is 6.27. The van der Waals surface area contributed by atoms with Crippen LogP contribution in [-0.2, 0) is 0 Å². The zero-order chi connectivity index (χ0) is 20.4. The van der Waals surface area contributed by atoms with Gasteiger partial charge < -0.3 is 10.1 Å². The van der Waals surface area contributed by atoms with Crippen LogP contribution in [0.25, 0.3) is 17.8 Å². The third-order valence-corrected chi connectivity index (χ3v) is 5.12. The number of halogens is 1. The molecule has 0 amide bonds. The Labute approximate surface area is 175 Å². The van der Waals surface area contributed by atoms with Crippen LogP contribution < -0.4 is 10.1 Å². The molecule has 146 valence electrons. The lowest BCUT2D eigenvalue weighted by atomic mass is 10.1. The highest BCUT2D eigenvalue weighted by Gasteiger charge is 2.13. The average molecular weight is 404 g/mol. The van der Waals surface area contributed by atoms with E-state index in [4.69, 9.17) is 21.3 Å². The smallest absolute Gasteiger partial charge is 0.142 e. The fourth-order valence-electron chi connectivity index (χ4n) is 3.38. The average Bonchev–Trinajstić information content (AvgIpc) is 3.06. The number of rotatable bonds is 5. The molecule has 1 N–H and O–H groups in total. The van der Waals surface area contributed by atoms with Crippen molar-refractivity contribution in [2.75, 3.05) is 12.4 Å². The number of ether oxygens (including phenoxy) is 1. The molecule has 2 aromatic carbocycles. The van der Waals surface area contributed by atoms with E-state index < -0.39 is 0 Å². The van der Waals surface area contributed by atoms with Gasteiger partial charge in [-0.15, -0.1) is 0 Å². The van der Waals surface area contributed by atoms with Crippen molar-refractivity contribution in [2.45, 2.75) is 13.8 Å². The summed E-state index contributed by atoms with van der Waals surface area (Å²) in [4.78, 5) is 4.79. The zero-order valence-corrected chi connectivity index (χ0v) is 17.4. The molecule has 5 heteroatoms. The van der Waals surface area contributed by atoms with Crippen molar-refractivity contribution >= 4 is 40.9 Å². The van der Waals surface area contributed by atoms with E-state index in [2.05, 4.69) is 37.4 Å². The first-order valence-electron chi connectivity index (χ1n) is 9.39. The lowest BCUT2D eigenvalue weighted by molar-refractivity contribution is 0.414. The number of benzene rings is 2. The van der Waals surface area contributed by atoms with E-state index in [1.54, 1.807) is 7.11 Å². The van der Waals surface area contributed by atoms with Gasteiger partial charge >= 0.3 is 0 Å². The molecule has 4 nitrogen and oxygen atoms in total. The topological polar surface area (TPSA) is 38.6 Å². The predicted molar refractivity (Wildman–Crippen MR) is 121 cm³/mol. The van der Waals surface area contributed by atoms with Crippen molar-refractivity contribution < 1.29 is 4.74 Å². The maximum absolute atomic E-state index is 6.27. The van der Waals surface area contributed by atoms with Crippen LogP contribution in [0, 0.1) is 13.8 Å². The molecule has 0 spiro atoms. The van der Waals surface area contributed by atoms with Gasteiger partial charge in [0.25, 0.3) is 0 Å². The van der Waals surface area contributed by atoms with Gasteiger partial charge in [-0.1, -0.05) is 48.0 Å². The molecule has 0 saturated carbocycles. The molecule has 0 aliphatic heterocycles. The summed E-state index contributed by atoms with van der Waals surface area (Å²) in [6.45, 7) is 4.19. The van der Waals surface area contributed by atoms with Crippen molar-refractivity contribution in [3.8, 4) is 5.75 Å². The first kappa shape index (κ1) is 19.1. The summed E-state index contributed by atoms with van der Waals surface area (Å²) in [5.74, 6) is 1.69. The van der Waals surface area contributed by atoms with E-state index in [1.807, 2.05) is 59.1 Å². The lowest BCUT2D eigenvalue weighted by Crippen LogP contribution is -2.00. The van der Waals surface area contributed by atoms with Crippen LogP contribution in [-0.4, -0.2) is 16.5 Å². The quantitative estimate of drug-likeness (QED) is 0.411. The van der Waals surface area contributed by atoms with Gasteiger partial charge in [0.05, 0.1) is 12.1 Å². The van der Waals surface area contributed by atoms with Crippen LogP contribution in [0.1, 0.15) is 22.4 Å². The Kier molecular flexibility index (Phi) is 5.28. The highest BCUT2D eigenvalue weighted by atomic mass is 35.5. The number of methoxy groups -OCH3 is 1. The second kappa shape index (κ2) is 8.02. The first-order valence-corrected chi connectivity index (χ1v) is 9.76. The summed E-state index contributed by atoms with van der Waals surface area (Å²) in [6, 6.07) is 17.9. The fourth-order valence-corrected chi connectivity index (χ4v) is 3.54. The zero-order valence-electron chi connectivity index (χ0n) is 16.6. The van der Waals surface area contributed by atoms with E-state index in [0.717, 1.165) is 34.2 Å². The molecule has 2 heterocycles. The summed E-state index contributed by atoms with van der Waals surface area (Å²) in [5.41, 5.74) is 6.04. The van der Waals surface area contributed by atoms with Gasteiger partial charge in [-0.05, 0) is 55.3 Å². The molecule has 0 aliphatic rings. The van der Waals surface area contributed by atoms with E-state index >= 15 is 0 Å². The molecule has 4 aromatic rings. The molecule has 0 bridgehead atoms. The van der Waals surface area contributed by atoms with Gasteiger partial charge in [-0.3, -0.25) is 4.40 Å². The SMILES string of the molecule is COc1ccccc1C=Cc1nc2ccc(Cl)cn2c1Nc1c(C)cccc1C. The highest BCUT2D eigenvalue weighted by molar-refractivity contribution is 6.30. The van der Waals surface area contributed by atoms with Gasteiger partial charge in [-0.25, -0.2) is 4.98 Å². The Morgan fingerprint density at radius 1 is 0.966 bits per heavy atom. The molecule has 29 heavy (non-hydrogen) atoms. The summed E-state index contributed by atoms with van der Waals surface area (Å²) in [5, 5.41) is 4.24. The molecule has 0 unspecified atom stereocenters. The number of nitrogens with zero attached hydrogens (tertiary/aromatic N) is 2. The van der Waals surface area contributed by atoms with E-state index in [9.17, 15) is 0 Å². The molecular formula is C24H22ClN3O. The minimum atomic E-state index is 0.653. The van der Waals surface area contributed by atoms with Gasteiger partial charge in [0.1, 0.15) is 22.9 Å². The van der Waals surface area contributed by atoms with Crippen molar-refractivity contribution in [3.05, 3.63) is 88.2 Å². The molecule has 0 atom stereocenters. The second-order valence-electron chi connectivity index (χ2n) is 6.89. The number of hydrogen-bond acceptors (Lipinski definition) is 3. The number of fused-ring (bicyclic) bond motifs is 1. The minimum absolute atomic E-state index is 0.653. The van der Waals surface area contributed by atoms with Crippen LogP contribution in [0.2, 0.25) is 5.02 Å². The van der Waals surface area contributed by atoms with Gasteiger partial charge in [0, 0.05) is 17.4 Å². The lowest BCUT2D eigenvalue weighted by Gasteiger charge is -2.13. The maximum Gasteiger partial charge on any atom is 0.142 e. The monoisotopic (exact) mass is 403 g/mol. The fraction of sp³-hybridized carbons (Fsp3) is 0.125. The normalized spacial score (nSPS) is 11.3. The van der Waals surface area contributed by atoms with Gasteiger partial charge in [0.15, 0.2) is 0 Å². The number of aromatic nitrogens is 2. The standard InChI is InChI=1S/C24H22ClN3O/c1-16-7-6-8-17(2)23(16)27-24-20(26-22-14-12-19(25)15-28(22)24)13-11-18-9-4-5-10-21(18)29-3/h4-15,27H,1-3H3. The van der Waals surface area contributed by atoms with E-state index in [-0.39, 0.29) is 0 Å². The Bertz CT molecular complexity index is 1190. The van der Waals surface area contributed by atoms with E-state index in [0.29, 0.717) is 5.02 Å². The molecule has 4 rings (SSSR count). The minimum Gasteiger partial charge on any atom is -0.496 e. The third kappa shape index (κ3) is 3.84. The number of anilines is 2. The Morgan fingerprint density at radius 3 is 2.48 bits per heavy atom. The summed E-state index contributed by atoms with van der Waals surface area (Å²) in [7, 11) is 1.67. The van der Waals surface area contributed by atoms with Crippen LogP contribution in [0.3, 0.4) is 0 Å². The van der Waals surface area contributed by atoms with Crippen molar-refractivity contribution in [1.82, 2.24) is 9.38 Å². The highest BCUT2D eigenvalue weighted by Crippen LogP contribution is 2.30. The molecule has 0 fully saturated rings. The number of aryl methyl sites for hydroxylation is 2. The van der Waals surface area contributed by atoms with Crippen molar-refractivity contribution in [1.29, 1.82) is 0 Å². The van der Waals surface area contributed by atoms with Crippen LogP contribution >= 0.6 is 11.6 Å². The first-order chi connectivity index (χ1) is 14.1. The van der Waals surface area contributed by atoms with Crippen molar-refractivity contribution in [3.63, 3.8) is 0 Å². The Hall–Kier alpha value is -3.24. The number of nitrogens with one attached hydrogen (secondary N) is 1. The predicted octanol–water partition coefficient (Wildman–Crippen LogP) is 6.53. The summed E-state index contributed by atoms with van der Waals surface area (Å²) < 4.78 is 7.44. The van der Waals surface area contributed by atoms with Gasteiger partial charge in [-0.2, -0.15) is 0 Å². The second-order valence-corrected chi connectivity index (χ2v) is 7.32. The van der Waals surface area contributed by atoms with E-state index in [1.165, 1.54) is 11.1 Å². The Morgan fingerprint density at radius 2 is 1.72 bits per heavy atom. The third-order valence-electron chi connectivity index (χ3n) is 4.89. The van der Waals surface area contributed by atoms with Crippen LogP contribution in [0.4, 0.5) is 11.5 Å². The number of imidazole rings is 1. The largest absolute Gasteiger partial charge is 0.496 e. The number of pyridine rings is 1. The Balaban J connectivity index is 1.83.